The van der Waals surface area contributed by atoms with Crippen LogP contribution in [0.1, 0.15) is 25.2 Å². The van der Waals surface area contributed by atoms with Gasteiger partial charge in [0.25, 0.3) is 0 Å². The SMILES string of the molecule is CC1=CC(C)CN(S(=O)(=O)c2c(C)nn(C)c2C)C1. The van der Waals surface area contributed by atoms with E-state index in [1.165, 1.54) is 0 Å². The lowest BCUT2D eigenvalue weighted by molar-refractivity contribution is 0.384. The van der Waals surface area contributed by atoms with Crippen LogP contribution in [0.3, 0.4) is 0 Å². The highest BCUT2D eigenvalue weighted by atomic mass is 32.2. The summed E-state index contributed by atoms with van der Waals surface area (Å²) in [6.45, 7) is 8.56. The van der Waals surface area contributed by atoms with Crippen molar-refractivity contribution in [1.82, 2.24) is 14.1 Å². The van der Waals surface area contributed by atoms with Gasteiger partial charge in [-0.15, -0.1) is 0 Å². The molecule has 6 heteroatoms. The first kappa shape index (κ1) is 14.3. The zero-order chi connectivity index (χ0) is 14.4. The Labute approximate surface area is 115 Å². The van der Waals surface area contributed by atoms with Gasteiger partial charge in [-0.05, 0) is 26.7 Å². The number of rotatable bonds is 2. The first-order valence-corrected chi connectivity index (χ1v) is 7.85. The molecule has 0 saturated carbocycles. The van der Waals surface area contributed by atoms with E-state index in [0.717, 1.165) is 5.57 Å². The third-order valence-electron chi connectivity index (χ3n) is 3.53. The molecule has 1 unspecified atom stereocenters. The standard InChI is InChI=1S/C13H21N3O2S/c1-9-6-10(2)8-16(7-9)19(17,18)13-11(3)14-15(5)12(13)4/h6,9H,7-8H2,1-5H3. The molecule has 2 heterocycles. The molecule has 0 amide bonds. The topological polar surface area (TPSA) is 55.2 Å². The summed E-state index contributed by atoms with van der Waals surface area (Å²) < 4.78 is 28.7. The normalized spacial score (nSPS) is 21.5. The van der Waals surface area contributed by atoms with Crippen LogP contribution in [0.25, 0.3) is 0 Å². The Morgan fingerprint density at radius 2 is 1.95 bits per heavy atom. The molecule has 5 nitrogen and oxygen atoms in total. The Kier molecular flexibility index (Phi) is 3.57. The lowest BCUT2D eigenvalue weighted by Crippen LogP contribution is -2.38. The number of sulfonamides is 1. The number of hydrogen-bond donors (Lipinski definition) is 0. The maximum absolute atomic E-state index is 12.8. The van der Waals surface area contributed by atoms with Crippen LogP contribution >= 0.6 is 0 Å². The molecule has 19 heavy (non-hydrogen) atoms. The average molecular weight is 283 g/mol. The Balaban J connectivity index is 2.46. The molecule has 106 valence electrons. The monoisotopic (exact) mass is 283 g/mol. The Morgan fingerprint density at radius 3 is 2.42 bits per heavy atom. The lowest BCUT2D eigenvalue weighted by Gasteiger charge is -2.29. The van der Waals surface area contributed by atoms with Crippen molar-refractivity contribution >= 4 is 10.0 Å². The van der Waals surface area contributed by atoms with E-state index in [2.05, 4.69) is 11.2 Å². The van der Waals surface area contributed by atoms with Crippen molar-refractivity contribution in [2.75, 3.05) is 13.1 Å². The largest absolute Gasteiger partial charge is 0.271 e. The summed E-state index contributed by atoms with van der Waals surface area (Å²) >= 11 is 0. The zero-order valence-corrected chi connectivity index (χ0v) is 13.0. The van der Waals surface area contributed by atoms with Gasteiger partial charge in [0.2, 0.25) is 10.0 Å². The molecule has 1 aromatic heterocycles. The quantitative estimate of drug-likeness (QED) is 0.775. The third-order valence-corrected chi connectivity index (χ3v) is 5.59. The van der Waals surface area contributed by atoms with E-state index in [-0.39, 0.29) is 5.92 Å². The molecule has 2 rings (SSSR count). The van der Waals surface area contributed by atoms with Crippen LogP contribution in [0.15, 0.2) is 16.5 Å². The van der Waals surface area contributed by atoms with E-state index in [9.17, 15) is 8.42 Å². The van der Waals surface area contributed by atoms with Crippen LogP contribution in [0, 0.1) is 19.8 Å². The molecule has 1 aromatic rings. The van der Waals surface area contributed by atoms with Crippen LogP contribution < -0.4 is 0 Å². The first-order chi connectivity index (χ1) is 8.73. The van der Waals surface area contributed by atoms with Crippen molar-refractivity contribution in [3.05, 3.63) is 23.0 Å². The molecule has 0 N–H and O–H groups in total. The smallest absolute Gasteiger partial charge is 0.247 e. The summed E-state index contributed by atoms with van der Waals surface area (Å²) in [7, 11) is -1.69. The van der Waals surface area contributed by atoms with Gasteiger partial charge in [0.05, 0.1) is 11.4 Å². The third kappa shape index (κ3) is 2.47. The number of hydrogen-bond acceptors (Lipinski definition) is 3. The average Bonchev–Trinajstić information content (AvgIpc) is 2.51. The van der Waals surface area contributed by atoms with Crippen molar-refractivity contribution < 1.29 is 8.42 Å². The minimum absolute atomic E-state index is 0.251. The summed E-state index contributed by atoms with van der Waals surface area (Å²) in [6, 6.07) is 0. The van der Waals surface area contributed by atoms with Gasteiger partial charge in [0, 0.05) is 20.1 Å². The minimum Gasteiger partial charge on any atom is -0.271 e. The Hall–Kier alpha value is -1.14. The molecule has 0 saturated heterocycles. The summed E-state index contributed by atoms with van der Waals surface area (Å²) in [5.41, 5.74) is 2.36. The van der Waals surface area contributed by atoms with Crippen LogP contribution in [-0.4, -0.2) is 35.6 Å². The van der Waals surface area contributed by atoms with Crippen molar-refractivity contribution in [2.24, 2.45) is 13.0 Å². The maximum atomic E-state index is 12.8. The molecule has 0 aromatic carbocycles. The predicted molar refractivity (Wildman–Crippen MR) is 74.4 cm³/mol. The van der Waals surface area contributed by atoms with E-state index in [0.29, 0.717) is 29.4 Å². The van der Waals surface area contributed by atoms with Gasteiger partial charge < -0.3 is 0 Å². The molecule has 1 aliphatic rings. The fourth-order valence-electron chi connectivity index (χ4n) is 2.69. The van der Waals surface area contributed by atoms with E-state index in [1.807, 2.05) is 13.8 Å². The van der Waals surface area contributed by atoms with Gasteiger partial charge in [-0.2, -0.15) is 9.40 Å². The highest BCUT2D eigenvalue weighted by Gasteiger charge is 2.32. The molecular formula is C13H21N3O2S. The summed E-state index contributed by atoms with van der Waals surface area (Å²) in [6.07, 6.45) is 2.13. The van der Waals surface area contributed by atoms with Gasteiger partial charge in [-0.1, -0.05) is 18.6 Å². The number of aryl methyl sites for hydroxylation is 2. The van der Waals surface area contributed by atoms with Crippen molar-refractivity contribution in [1.29, 1.82) is 0 Å². The van der Waals surface area contributed by atoms with Gasteiger partial charge in [-0.3, -0.25) is 4.68 Å². The molecule has 0 radical (unpaired) electrons. The summed E-state index contributed by atoms with van der Waals surface area (Å²) in [4.78, 5) is 0.358. The highest BCUT2D eigenvalue weighted by Crippen LogP contribution is 2.26. The molecule has 1 aliphatic heterocycles. The fourth-order valence-corrected chi connectivity index (χ4v) is 4.68. The van der Waals surface area contributed by atoms with Crippen LogP contribution in [-0.2, 0) is 17.1 Å². The van der Waals surface area contributed by atoms with Crippen molar-refractivity contribution in [3.63, 3.8) is 0 Å². The second-order valence-corrected chi connectivity index (χ2v) is 7.29. The second-order valence-electron chi connectivity index (χ2n) is 5.41. The molecule has 0 bridgehead atoms. The summed E-state index contributed by atoms with van der Waals surface area (Å²) in [5, 5.41) is 4.21. The Bertz CT molecular complexity index is 629. The lowest BCUT2D eigenvalue weighted by atomic mass is 10.1. The molecule has 0 fully saturated rings. The predicted octanol–water partition coefficient (Wildman–Crippen LogP) is 1.62. The van der Waals surface area contributed by atoms with Gasteiger partial charge in [-0.25, -0.2) is 8.42 Å². The zero-order valence-electron chi connectivity index (χ0n) is 12.1. The van der Waals surface area contributed by atoms with E-state index >= 15 is 0 Å². The van der Waals surface area contributed by atoms with Crippen molar-refractivity contribution in [2.45, 2.75) is 32.6 Å². The highest BCUT2D eigenvalue weighted by molar-refractivity contribution is 7.89. The van der Waals surface area contributed by atoms with Crippen molar-refractivity contribution in [3.8, 4) is 0 Å². The van der Waals surface area contributed by atoms with Gasteiger partial charge >= 0.3 is 0 Å². The van der Waals surface area contributed by atoms with Gasteiger partial charge in [0.1, 0.15) is 4.90 Å². The second kappa shape index (κ2) is 4.76. The number of nitrogens with zero attached hydrogens (tertiary/aromatic N) is 3. The van der Waals surface area contributed by atoms with E-state index in [4.69, 9.17) is 0 Å². The van der Waals surface area contributed by atoms with E-state index < -0.39 is 10.0 Å². The van der Waals surface area contributed by atoms with E-state index in [1.54, 1.807) is 29.9 Å². The van der Waals surface area contributed by atoms with Gasteiger partial charge in [0.15, 0.2) is 0 Å². The van der Waals surface area contributed by atoms with Crippen LogP contribution in [0.4, 0.5) is 0 Å². The first-order valence-electron chi connectivity index (χ1n) is 6.41. The van der Waals surface area contributed by atoms with Crippen LogP contribution in [0.5, 0.6) is 0 Å². The molecule has 0 spiro atoms. The molecule has 0 aliphatic carbocycles. The molecule has 1 atom stereocenters. The Morgan fingerprint density at radius 1 is 1.32 bits per heavy atom. The molecular weight excluding hydrogens is 262 g/mol. The maximum Gasteiger partial charge on any atom is 0.247 e. The minimum atomic E-state index is -3.46. The van der Waals surface area contributed by atoms with Crippen LogP contribution in [0.2, 0.25) is 0 Å². The number of aromatic nitrogens is 2. The fraction of sp³-hybridized carbons (Fsp3) is 0.615. The summed E-state index contributed by atoms with van der Waals surface area (Å²) in [5.74, 6) is 0.251.